The molecule has 1 rings (SSSR count). The summed E-state index contributed by atoms with van der Waals surface area (Å²) in [6.07, 6.45) is 14.1. The molecule has 0 aliphatic carbocycles. The first-order chi connectivity index (χ1) is 12.5. The molecule has 6 heteroatoms. The van der Waals surface area contributed by atoms with E-state index in [4.69, 9.17) is 0 Å². The van der Waals surface area contributed by atoms with Crippen LogP contribution in [0.25, 0.3) is 0 Å². The summed E-state index contributed by atoms with van der Waals surface area (Å²) in [5.41, 5.74) is 7.60. The van der Waals surface area contributed by atoms with Gasteiger partial charge < -0.3 is 31.3 Å². The maximum absolute atomic E-state index is 10.2. The molecule has 0 fully saturated rings. The monoisotopic (exact) mass is 366 g/mol. The van der Waals surface area contributed by atoms with Crippen molar-refractivity contribution in [3.8, 4) is 0 Å². The number of carbonyl (C=O) groups excluding carboxylic acids is 2. The van der Waals surface area contributed by atoms with Gasteiger partial charge in [-0.3, -0.25) is 0 Å². The smallest absolute Gasteiger partial charge is 0.0739 e. The minimum absolute atomic E-state index is 0.0556. The predicted octanol–water partition coefficient (Wildman–Crippen LogP) is -0.215. The average molecular weight is 367 g/mol. The number of unbranched alkanes of at least 4 members (excludes halogenated alkanes) is 9. The normalized spacial score (nSPS) is 10.1. The van der Waals surface area contributed by atoms with Gasteiger partial charge in [-0.1, -0.05) is 62.8 Å². The molecule has 6 N–H and O–H groups in total. The summed E-state index contributed by atoms with van der Waals surface area (Å²) < 4.78 is 0. The number of carboxylic acids is 2. The molecular formula is C20H34N2O4. The fourth-order valence-electron chi connectivity index (χ4n) is 2.51. The first-order valence-electron chi connectivity index (χ1n) is 9.64. The van der Waals surface area contributed by atoms with Gasteiger partial charge in [-0.2, -0.15) is 0 Å². The highest BCUT2D eigenvalue weighted by molar-refractivity contribution is 5.89. The maximum Gasteiger partial charge on any atom is 0.0739 e. The lowest BCUT2D eigenvalue weighted by molar-refractivity contribution is -0.368. The lowest BCUT2D eigenvalue weighted by Gasteiger charge is -2.04. The van der Waals surface area contributed by atoms with E-state index in [-0.39, 0.29) is 11.1 Å². The lowest BCUT2D eigenvalue weighted by atomic mass is 10.1. The molecule has 6 nitrogen and oxygen atoms in total. The quantitative estimate of drug-likeness (QED) is 0.467. The highest BCUT2D eigenvalue weighted by Gasteiger charge is 1.95. The standard InChI is InChI=1S/C12H28N2.C8H6O4/c13-11-9-7-5-3-1-2-4-6-8-10-12-14;9-7(10)5-1-2-6(4-3-5)8(11)12/h1-14H2;1-4H,(H,9,10)(H,11,12). The Balaban J connectivity index is 0.000000485. The zero-order chi connectivity index (χ0) is 19.6. The lowest BCUT2D eigenvalue weighted by Crippen LogP contribution is -2.50. The number of carbonyl (C=O) groups is 2. The van der Waals surface area contributed by atoms with Crippen LogP contribution in [0.2, 0.25) is 0 Å². The predicted molar refractivity (Wildman–Crippen MR) is 96.8 cm³/mol. The summed E-state index contributed by atoms with van der Waals surface area (Å²) in [6.45, 7) is 2.23. The number of benzene rings is 1. The van der Waals surface area contributed by atoms with Crippen LogP contribution in [-0.4, -0.2) is 25.0 Å². The van der Waals surface area contributed by atoms with Gasteiger partial charge in [0.25, 0.3) is 0 Å². The van der Waals surface area contributed by atoms with E-state index >= 15 is 0 Å². The Bertz CT molecular complexity index is 444. The molecule has 0 aliphatic rings. The summed E-state index contributed by atoms with van der Waals surface area (Å²) in [7, 11) is 0. The van der Waals surface area contributed by atoms with Gasteiger partial charge in [0, 0.05) is 0 Å². The Morgan fingerprint density at radius 1 is 0.577 bits per heavy atom. The number of carboxylic acid groups (broad SMARTS) is 2. The van der Waals surface area contributed by atoms with E-state index in [1.807, 2.05) is 0 Å². The van der Waals surface area contributed by atoms with Crippen LogP contribution in [0.3, 0.4) is 0 Å². The van der Waals surface area contributed by atoms with Gasteiger partial charge in [0.1, 0.15) is 0 Å². The molecule has 0 aromatic heterocycles. The Morgan fingerprint density at radius 2 is 0.808 bits per heavy atom. The summed E-state index contributed by atoms with van der Waals surface area (Å²) in [4.78, 5) is 20.4. The molecular weight excluding hydrogens is 332 g/mol. The van der Waals surface area contributed by atoms with Gasteiger partial charge in [-0.05, 0) is 36.8 Å². The molecule has 0 spiro atoms. The third-order valence-electron chi connectivity index (χ3n) is 4.11. The molecule has 0 saturated heterocycles. The largest absolute Gasteiger partial charge is 0.545 e. The second-order valence-electron chi connectivity index (χ2n) is 6.39. The van der Waals surface area contributed by atoms with Gasteiger partial charge in [0.15, 0.2) is 0 Å². The van der Waals surface area contributed by atoms with E-state index < -0.39 is 11.9 Å². The SMILES string of the molecule is O=C([O-])c1ccc(C(=O)[O-])cc1.[NH3+]CCCCCCCCCCCC[NH3+]. The van der Waals surface area contributed by atoms with Gasteiger partial charge >= 0.3 is 0 Å². The van der Waals surface area contributed by atoms with Gasteiger partial charge in [0.05, 0.1) is 25.0 Å². The van der Waals surface area contributed by atoms with E-state index in [9.17, 15) is 19.8 Å². The van der Waals surface area contributed by atoms with Crippen molar-refractivity contribution in [3.63, 3.8) is 0 Å². The topological polar surface area (TPSA) is 136 Å². The minimum Gasteiger partial charge on any atom is -0.545 e. The van der Waals surface area contributed by atoms with Crippen molar-refractivity contribution in [2.45, 2.75) is 64.2 Å². The van der Waals surface area contributed by atoms with Crippen LogP contribution in [0.4, 0.5) is 0 Å². The van der Waals surface area contributed by atoms with Crippen molar-refractivity contribution >= 4 is 11.9 Å². The van der Waals surface area contributed by atoms with E-state index in [1.165, 1.54) is 64.2 Å². The molecule has 0 atom stereocenters. The number of quaternary nitrogens is 2. The molecule has 0 amide bonds. The zero-order valence-electron chi connectivity index (χ0n) is 15.8. The van der Waals surface area contributed by atoms with Crippen LogP contribution in [0.5, 0.6) is 0 Å². The number of rotatable bonds is 13. The number of aromatic carboxylic acids is 2. The molecule has 0 bridgehead atoms. The molecule has 1 aromatic rings. The molecule has 26 heavy (non-hydrogen) atoms. The Hall–Kier alpha value is -1.92. The van der Waals surface area contributed by atoms with Crippen LogP contribution >= 0.6 is 0 Å². The fraction of sp³-hybridized carbons (Fsp3) is 0.600. The number of hydrogen-bond acceptors (Lipinski definition) is 4. The van der Waals surface area contributed by atoms with Crippen molar-refractivity contribution in [1.82, 2.24) is 0 Å². The van der Waals surface area contributed by atoms with Crippen molar-refractivity contribution in [2.75, 3.05) is 13.1 Å². The van der Waals surface area contributed by atoms with Crippen LogP contribution in [0.15, 0.2) is 24.3 Å². The average Bonchev–Trinajstić information content (AvgIpc) is 2.64. The van der Waals surface area contributed by atoms with Gasteiger partial charge in [-0.25, -0.2) is 0 Å². The van der Waals surface area contributed by atoms with Crippen LogP contribution in [0, 0.1) is 0 Å². The fourth-order valence-corrected chi connectivity index (χ4v) is 2.51. The third-order valence-corrected chi connectivity index (χ3v) is 4.11. The Morgan fingerprint density at radius 3 is 1.00 bits per heavy atom. The minimum atomic E-state index is -1.33. The van der Waals surface area contributed by atoms with Crippen LogP contribution in [-0.2, 0) is 0 Å². The molecule has 1 aromatic carbocycles. The van der Waals surface area contributed by atoms with E-state index in [2.05, 4.69) is 11.5 Å². The highest BCUT2D eigenvalue weighted by Crippen LogP contribution is 2.09. The Labute approximate surface area is 156 Å². The first-order valence-corrected chi connectivity index (χ1v) is 9.64. The second kappa shape index (κ2) is 16.5. The van der Waals surface area contributed by atoms with Crippen molar-refractivity contribution in [1.29, 1.82) is 0 Å². The zero-order valence-corrected chi connectivity index (χ0v) is 15.8. The van der Waals surface area contributed by atoms with Gasteiger partial charge in [0.2, 0.25) is 0 Å². The van der Waals surface area contributed by atoms with Crippen molar-refractivity contribution < 1.29 is 31.3 Å². The van der Waals surface area contributed by atoms with E-state index in [0.717, 1.165) is 37.4 Å². The van der Waals surface area contributed by atoms with Crippen LogP contribution < -0.4 is 21.7 Å². The number of hydrogen-bond donors (Lipinski definition) is 2. The van der Waals surface area contributed by atoms with E-state index in [1.54, 1.807) is 0 Å². The van der Waals surface area contributed by atoms with E-state index in [0.29, 0.717) is 0 Å². The molecule has 0 unspecified atom stereocenters. The van der Waals surface area contributed by atoms with Crippen molar-refractivity contribution in [2.24, 2.45) is 0 Å². The second-order valence-corrected chi connectivity index (χ2v) is 6.39. The molecule has 0 saturated carbocycles. The molecule has 0 radical (unpaired) electrons. The Kier molecular flexibility index (Phi) is 15.3. The first kappa shape index (κ1) is 24.1. The summed E-state index contributed by atoms with van der Waals surface area (Å²) in [5, 5.41) is 20.4. The summed E-state index contributed by atoms with van der Waals surface area (Å²) >= 11 is 0. The molecule has 148 valence electrons. The maximum atomic E-state index is 10.2. The van der Waals surface area contributed by atoms with Crippen LogP contribution in [0.1, 0.15) is 84.9 Å². The summed E-state index contributed by atoms with van der Waals surface area (Å²) in [6, 6.07) is 4.61. The third kappa shape index (κ3) is 13.4. The molecule has 0 heterocycles. The highest BCUT2D eigenvalue weighted by atomic mass is 16.4. The summed E-state index contributed by atoms with van der Waals surface area (Å²) in [5.74, 6) is -2.67. The van der Waals surface area contributed by atoms with Gasteiger partial charge in [-0.15, -0.1) is 0 Å². The van der Waals surface area contributed by atoms with Crippen molar-refractivity contribution in [3.05, 3.63) is 35.4 Å². The molecule has 0 aliphatic heterocycles.